The van der Waals surface area contributed by atoms with Crippen molar-refractivity contribution >= 4 is 11.8 Å². The molecule has 0 saturated carbocycles. The van der Waals surface area contributed by atoms with Crippen molar-refractivity contribution in [2.75, 3.05) is 20.8 Å². The van der Waals surface area contributed by atoms with Gasteiger partial charge in [0.1, 0.15) is 0 Å². The number of benzene rings is 1. The molecule has 1 aromatic carbocycles. The van der Waals surface area contributed by atoms with E-state index in [1.54, 1.807) is 32.2 Å². The van der Waals surface area contributed by atoms with Crippen LogP contribution in [0.4, 0.5) is 0 Å². The molecule has 0 aromatic heterocycles. The number of methoxy groups -OCH3 is 2. The van der Waals surface area contributed by atoms with Gasteiger partial charge in [-0.25, -0.2) is 0 Å². The SMILES string of the molecule is C=CCNC(=O)C(=O)NC(C)c1ccc(OC)c(OC)c1. The van der Waals surface area contributed by atoms with E-state index >= 15 is 0 Å². The number of hydrogen-bond acceptors (Lipinski definition) is 4. The van der Waals surface area contributed by atoms with Crippen molar-refractivity contribution in [1.82, 2.24) is 10.6 Å². The number of amides is 2. The van der Waals surface area contributed by atoms with Gasteiger partial charge in [0.2, 0.25) is 0 Å². The Morgan fingerprint density at radius 2 is 1.90 bits per heavy atom. The molecule has 1 atom stereocenters. The second-order valence-corrected chi connectivity index (χ2v) is 4.31. The van der Waals surface area contributed by atoms with Crippen LogP contribution in [0, 0.1) is 0 Å². The van der Waals surface area contributed by atoms with Gasteiger partial charge in [-0.3, -0.25) is 9.59 Å². The summed E-state index contributed by atoms with van der Waals surface area (Å²) < 4.78 is 10.4. The molecule has 114 valence electrons. The second-order valence-electron chi connectivity index (χ2n) is 4.31. The van der Waals surface area contributed by atoms with E-state index in [-0.39, 0.29) is 12.6 Å². The molecule has 0 aliphatic rings. The fourth-order valence-corrected chi connectivity index (χ4v) is 1.71. The van der Waals surface area contributed by atoms with Crippen molar-refractivity contribution in [2.24, 2.45) is 0 Å². The molecular formula is C15H20N2O4. The Kier molecular flexibility index (Phi) is 6.26. The second kappa shape index (κ2) is 7.94. The van der Waals surface area contributed by atoms with E-state index in [1.165, 1.54) is 13.2 Å². The first kappa shape index (κ1) is 16.6. The number of hydrogen-bond donors (Lipinski definition) is 2. The normalized spacial score (nSPS) is 11.2. The van der Waals surface area contributed by atoms with E-state index in [4.69, 9.17) is 9.47 Å². The highest BCUT2D eigenvalue weighted by Gasteiger charge is 2.17. The molecule has 1 rings (SSSR count). The van der Waals surface area contributed by atoms with Crippen LogP contribution in [0.5, 0.6) is 11.5 Å². The summed E-state index contributed by atoms with van der Waals surface area (Å²) in [5.41, 5.74) is 0.803. The van der Waals surface area contributed by atoms with Crippen molar-refractivity contribution in [3.8, 4) is 11.5 Å². The third-order valence-electron chi connectivity index (χ3n) is 2.87. The Morgan fingerprint density at radius 3 is 2.48 bits per heavy atom. The predicted octanol–water partition coefficient (Wildman–Crippen LogP) is 1.18. The van der Waals surface area contributed by atoms with Crippen molar-refractivity contribution in [1.29, 1.82) is 0 Å². The highest BCUT2D eigenvalue weighted by Crippen LogP contribution is 2.29. The van der Waals surface area contributed by atoms with Gasteiger partial charge in [-0.15, -0.1) is 6.58 Å². The minimum absolute atomic E-state index is 0.247. The van der Waals surface area contributed by atoms with Crippen LogP contribution in [0.1, 0.15) is 18.5 Å². The van der Waals surface area contributed by atoms with Gasteiger partial charge in [0, 0.05) is 6.54 Å². The van der Waals surface area contributed by atoms with Gasteiger partial charge in [-0.05, 0) is 24.6 Å². The minimum Gasteiger partial charge on any atom is -0.493 e. The van der Waals surface area contributed by atoms with Crippen LogP contribution in [0.2, 0.25) is 0 Å². The van der Waals surface area contributed by atoms with E-state index in [1.807, 2.05) is 0 Å². The average Bonchev–Trinajstić information content (AvgIpc) is 2.51. The lowest BCUT2D eigenvalue weighted by Gasteiger charge is -2.16. The van der Waals surface area contributed by atoms with Crippen LogP contribution in [-0.2, 0) is 9.59 Å². The van der Waals surface area contributed by atoms with Crippen LogP contribution in [0.25, 0.3) is 0 Å². The largest absolute Gasteiger partial charge is 0.493 e. The average molecular weight is 292 g/mol. The summed E-state index contributed by atoms with van der Waals surface area (Å²) in [7, 11) is 3.08. The third-order valence-corrected chi connectivity index (χ3v) is 2.87. The molecule has 0 aliphatic carbocycles. The molecule has 1 unspecified atom stereocenters. The smallest absolute Gasteiger partial charge is 0.309 e. The fourth-order valence-electron chi connectivity index (χ4n) is 1.71. The van der Waals surface area contributed by atoms with Crippen LogP contribution < -0.4 is 20.1 Å². The number of carbonyl (C=O) groups is 2. The predicted molar refractivity (Wildman–Crippen MR) is 79.3 cm³/mol. The van der Waals surface area contributed by atoms with Gasteiger partial charge in [-0.1, -0.05) is 12.1 Å². The monoisotopic (exact) mass is 292 g/mol. The molecule has 0 bridgehead atoms. The van der Waals surface area contributed by atoms with Crippen molar-refractivity contribution in [3.63, 3.8) is 0 Å². The summed E-state index contributed by atoms with van der Waals surface area (Å²) in [5.74, 6) is -0.225. The summed E-state index contributed by atoms with van der Waals surface area (Å²) >= 11 is 0. The Morgan fingerprint density at radius 1 is 1.24 bits per heavy atom. The number of ether oxygens (including phenoxy) is 2. The highest BCUT2D eigenvalue weighted by molar-refractivity contribution is 6.35. The van der Waals surface area contributed by atoms with Crippen LogP contribution in [-0.4, -0.2) is 32.6 Å². The Labute approximate surface area is 124 Å². The molecule has 2 amide bonds. The first-order valence-electron chi connectivity index (χ1n) is 6.45. The van der Waals surface area contributed by atoms with E-state index < -0.39 is 11.8 Å². The van der Waals surface area contributed by atoms with Crippen molar-refractivity contribution in [3.05, 3.63) is 36.4 Å². The molecule has 6 nitrogen and oxygen atoms in total. The number of carbonyl (C=O) groups excluding carboxylic acids is 2. The maximum absolute atomic E-state index is 11.7. The van der Waals surface area contributed by atoms with Gasteiger partial charge in [0.15, 0.2) is 11.5 Å². The first-order valence-corrected chi connectivity index (χ1v) is 6.45. The Hall–Kier alpha value is -2.50. The molecule has 0 aliphatic heterocycles. The number of nitrogens with one attached hydrogen (secondary N) is 2. The molecule has 21 heavy (non-hydrogen) atoms. The Bertz CT molecular complexity index is 528. The molecule has 6 heteroatoms. The lowest BCUT2D eigenvalue weighted by molar-refractivity contribution is -0.139. The number of rotatable bonds is 6. The van der Waals surface area contributed by atoms with E-state index in [0.717, 1.165) is 5.56 Å². The molecule has 0 spiro atoms. The molecule has 2 N–H and O–H groups in total. The summed E-state index contributed by atoms with van der Waals surface area (Å²) in [4.78, 5) is 23.2. The lowest BCUT2D eigenvalue weighted by atomic mass is 10.1. The third kappa shape index (κ3) is 4.52. The van der Waals surface area contributed by atoms with Crippen LogP contribution in [0.3, 0.4) is 0 Å². The molecular weight excluding hydrogens is 272 g/mol. The topological polar surface area (TPSA) is 76.7 Å². The summed E-state index contributed by atoms with van der Waals surface area (Å²) in [5, 5.41) is 5.03. The van der Waals surface area contributed by atoms with E-state index in [2.05, 4.69) is 17.2 Å². The fraction of sp³-hybridized carbons (Fsp3) is 0.333. The van der Waals surface area contributed by atoms with Gasteiger partial charge in [-0.2, -0.15) is 0 Å². The van der Waals surface area contributed by atoms with Crippen molar-refractivity contribution in [2.45, 2.75) is 13.0 Å². The minimum atomic E-state index is -0.695. The zero-order chi connectivity index (χ0) is 15.8. The summed E-state index contributed by atoms with van der Waals surface area (Å²) in [6, 6.07) is 4.96. The highest BCUT2D eigenvalue weighted by atomic mass is 16.5. The molecule has 1 aromatic rings. The van der Waals surface area contributed by atoms with Gasteiger partial charge in [0.25, 0.3) is 0 Å². The van der Waals surface area contributed by atoms with Crippen LogP contribution >= 0.6 is 0 Å². The zero-order valence-corrected chi connectivity index (χ0v) is 12.4. The maximum atomic E-state index is 11.7. The Balaban J connectivity index is 2.75. The first-order chi connectivity index (χ1) is 10.0. The molecule has 0 saturated heterocycles. The summed E-state index contributed by atoms with van der Waals surface area (Å²) in [6.07, 6.45) is 1.50. The molecule has 0 fully saturated rings. The van der Waals surface area contributed by atoms with Gasteiger partial charge >= 0.3 is 11.8 Å². The maximum Gasteiger partial charge on any atom is 0.309 e. The summed E-state index contributed by atoms with van der Waals surface area (Å²) in [6.45, 7) is 5.49. The van der Waals surface area contributed by atoms with E-state index in [0.29, 0.717) is 11.5 Å². The molecule has 0 heterocycles. The van der Waals surface area contributed by atoms with Gasteiger partial charge in [0.05, 0.1) is 20.3 Å². The van der Waals surface area contributed by atoms with E-state index in [9.17, 15) is 9.59 Å². The van der Waals surface area contributed by atoms with Crippen LogP contribution in [0.15, 0.2) is 30.9 Å². The lowest BCUT2D eigenvalue weighted by Crippen LogP contribution is -2.40. The quantitative estimate of drug-likeness (QED) is 0.610. The van der Waals surface area contributed by atoms with Gasteiger partial charge < -0.3 is 20.1 Å². The standard InChI is InChI=1S/C15H20N2O4/c1-5-8-16-14(18)15(19)17-10(2)11-6-7-12(20-3)13(9-11)21-4/h5-7,9-10H,1,8H2,2-4H3,(H,16,18)(H,17,19). The zero-order valence-electron chi connectivity index (χ0n) is 12.4. The van der Waals surface area contributed by atoms with Crippen molar-refractivity contribution < 1.29 is 19.1 Å². The molecule has 0 radical (unpaired) electrons.